The second kappa shape index (κ2) is 9.29. The molecule has 0 aromatic heterocycles. The van der Waals surface area contributed by atoms with Crippen LogP contribution in [0.15, 0.2) is 24.3 Å². The first-order chi connectivity index (χ1) is 8.51. The van der Waals surface area contributed by atoms with Crippen LogP contribution in [0.25, 0.3) is 0 Å². The van der Waals surface area contributed by atoms with Crippen LogP contribution in [0.3, 0.4) is 0 Å². The Bertz CT molecular complexity index is 436. The van der Waals surface area contributed by atoms with Gasteiger partial charge in [0.05, 0.1) is 0 Å². The van der Waals surface area contributed by atoms with E-state index in [-0.39, 0.29) is 17.8 Å². The van der Waals surface area contributed by atoms with E-state index in [1.807, 2.05) is 0 Å². The van der Waals surface area contributed by atoms with Crippen LogP contribution in [0.5, 0.6) is 0 Å². The molecule has 8 heteroatoms. The minimum atomic E-state index is -4.06. The summed E-state index contributed by atoms with van der Waals surface area (Å²) in [6.45, 7) is 9.38. The van der Waals surface area contributed by atoms with E-state index in [1.165, 1.54) is 6.92 Å². The maximum Gasteiger partial charge on any atom is 0.333 e. The Balaban J connectivity index is 0. The van der Waals surface area contributed by atoms with Crippen molar-refractivity contribution < 1.29 is 32.4 Å². The van der Waals surface area contributed by atoms with Crippen molar-refractivity contribution in [1.29, 1.82) is 0 Å². The summed E-state index contributed by atoms with van der Waals surface area (Å²) >= 11 is 0. The van der Waals surface area contributed by atoms with E-state index in [0.29, 0.717) is 6.42 Å². The molecular weight excluding hydrogens is 276 g/mol. The van der Waals surface area contributed by atoms with Gasteiger partial charge in [-0.2, -0.15) is 8.42 Å². The number of esters is 1. The number of carboxylic acid groups (broad SMARTS) is 1. The molecule has 0 radical (unpaired) electrons. The largest absolute Gasteiger partial charge is 0.478 e. The average molecular weight is 294 g/mol. The normalized spacial score (nSPS) is 9.84. The van der Waals surface area contributed by atoms with Crippen molar-refractivity contribution in [2.24, 2.45) is 0 Å². The van der Waals surface area contributed by atoms with E-state index in [2.05, 4.69) is 17.9 Å². The molecule has 0 spiro atoms. The third kappa shape index (κ3) is 14.3. The zero-order valence-electron chi connectivity index (χ0n) is 10.9. The molecule has 0 aromatic rings. The van der Waals surface area contributed by atoms with Crippen molar-refractivity contribution >= 4 is 22.1 Å². The van der Waals surface area contributed by atoms with Crippen molar-refractivity contribution in [3.63, 3.8) is 0 Å². The Hall–Kier alpha value is -1.67. The number of hydrogen-bond donors (Lipinski definition) is 2. The predicted octanol–water partition coefficient (Wildman–Crippen LogP) is 1.03. The number of hydrogen-bond acceptors (Lipinski definition) is 5. The molecule has 0 atom stereocenters. The molecule has 0 aliphatic heterocycles. The SMILES string of the molecule is C=C(C)C(=O)O.C=C(CC)C(=O)OCCS(=O)(=O)O. The second-order valence-corrected chi connectivity index (χ2v) is 5.04. The van der Waals surface area contributed by atoms with Gasteiger partial charge in [0.2, 0.25) is 0 Å². The van der Waals surface area contributed by atoms with Crippen molar-refractivity contribution in [2.75, 3.05) is 12.4 Å². The van der Waals surface area contributed by atoms with Gasteiger partial charge < -0.3 is 9.84 Å². The molecule has 0 fully saturated rings. The smallest absolute Gasteiger partial charge is 0.333 e. The van der Waals surface area contributed by atoms with Crippen LogP contribution in [0.1, 0.15) is 20.3 Å². The van der Waals surface area contributed by atoms with Crippen LogP contribution in [-0.2, 0) is 24.4 Å². The molecule has 0 rings (SSSR count). The van der Waals surface area contributed by atoms with Crippen LogP contribution >= 0.6 is 0 Å². The van der Waals surface area contributed by atoms with E-state index in [4.69, 9.17) is 9.66 Å². The highest BCUT2D eigenvalue weighted by Gasteiger charge is 2.09. The first-order valence-corrected chi connectivity index (χ1v) is 6.81. The molecule has 0 amide bonds. The molecule has 110 valence electrons. The lowest BCUT2D eigenvalue weighted by atomic mass is 10.2. The zero-order valence-corrected chi connectivity index (χ0v) is 11.7. The Morgan fingerprint density at radius 2 is 1.68 bits per heavy atom. The van der Waals surface area contributed by atoms with E-state index in [9.17, 15) is 18.0 Å². The highest BCUT2D eigenvalue weighted by molar-refractivity contribution is 7.85. The van der Waals surface area contributed by atoms with Crippen LogP contribution in [-0.4, -0.2) is 42.4 Å². The second-order valence-electron chi connectivity index (χ2n) is 3.46. The number of rotatable bonds is 6. The zero-order chi connectivity index (χ0) is 15.6. The van der Waals surface area contributed by atoms with E-state index < -0.39 is 27.8 Å². The quantitative estimate of drug-likeness (QED) is 0.426. The van der Waals surface area contributed by atoms with Crippen molar-refractivity contribution in [3.8, 4) is 0 Å². The van der Waals surface area contributed by atoms with E-state index in [1.54, 1.807) is 6.92 Å². The molecule has 0 aliphatic rings. The van der Waals surface area contributed by atoms with Gasteiger partial charge >= 0.3 is 11.9 Å². The third-order valence-electron chi connectivity index (χ3n) is 1.65. The van der Waals surface area contributed by atoms with Gasteiger partial charge in [-0.1, -0.05) is 20.1 Å². The Labute approximate surface area is 112 Å². The van der Waals surface area contributed by atoms with Crippen LogP contribution in [0, 0.1) is 0 Å². The highest BCUT2D eigenvalue weighted by Crippen LogP contribution is 1.99. The van der Waals surface area contributed by atoms with Crippen molar-refractivity contribution in [2.45, 2.75) is 20.3 Å². The highest BCUT2D eigenvalue weighted by atomic mass is 32.2. The summed E-state index contributed by atoms with van der Waals surface area (Å²) in [6, 6.07) is 0. The topological polar surface area (TPSA) is 118 Å². The summed E-state index contributed by atoms with van der Waals surface area (Å²) in [5.74, 6) is -2.16. The summed E-state index contributed by atoms with van der Waals surface area (Å²) < 4.78 is 33.2. The maximum atomic E-state index is 10.9. The fourth-order valence-corrected chi connectivity index (χ4v) is 0.780. The molecular formula is C11H18O7S. The van der Waals surface area contributed by atoms with Gasteiger partial charge in [0, 0.05) is 11.1 Å². The summed E-state index contributed by atoms with van der Waals surface area (Å²) in [5, 5.41) is 7.89. The van der Waals surface area contributed by atoms with Crippen LogP contribution in [0.2, 0.25) is 0 Å². The number of carbonyl (C=O) groups is 2. The number of carbonyl (C=O) groups excluding carboxylic acids is 1. The van der Waals surface area contributed by atoms with Crippen molar-refractivity contribution in [1.82, 2.24) is 0 Å². The van der Waals surface area contributed by atoms with E-state index >= 15 is 0 Å². The monoisotopic (exact) mass is 294 g/mol. The summed E-state index contributed by atoms with van der Waals surface area (Å²) in [5.41, 5.74) is 0.449. The molecule has 0 heterocycles. The summed E-state index contributed by atoms with van der Waals surface area (Å²) in [6.07, 6.45) is 0.449. The van der Waals surface area contributed by atoms with Crippen LogP contribution < -0.4 is 0 Å². The molecule has 19 heavy (non-hydrogen) atoms. The Morgan fingerprint density at radius 3 is 1.95 bits per heavy atom. The fraction of sp³-hybridized carbons (Fsp3) is 0.455. The van der Waals surface area contributed by atoms with Gasteiger partial charge in [0.15, 0.2) is 0 Å². The number of carboxylic acids is 1. The first-order valence-electron chi connectivity index (χ1n) is 5.20. The third-order valence-corrected chi connectivity index (χ3v) is 2.34. The molecule has 2 N–H and O–H groups in total. The Kier molecular flexibility index (Phi) is 9.61. The summed E-state index contributed by atoms with van der Waals surface area (Å²) in [7, 11) is -4.06. The Morgan fingerprint density at radius 1 is 1.26 bits per heavy atom. The molecule has 0 bridgehead atoms. The van der Waals surface area contributed by atoms with Gasteiger partial charge in [-0.05, 0) is 13.3 Å². The molecule has 7 nitrogen and oxygen atoms in total. The standard InChI is InChI=1S/C7H12O5S.C4H6O2/c1-3-6(2)7(8)12-4-5-13(9,10)11;1-3(2)4(5)6/h2-5H2,1H3,(H,9,10,11);1H2,2H3,(H,5,6). The molecule has 0 unspecified atom stereocenters. The van der Waals surface area contributed by atoms with Crippen LogP contribution in [0.4, 0.5) is 0 Å². The van der Waals surface area contributed by atoms with E-state index in [0.717, 1.165) is 0 Å². The summed E-state index contributed by atoms with van der Waals surface area (Å²) in [4.78, 5) is 20.5. The lowest BCUT2D eigenvalue weighted by Crippen LogP contribution is -2.15. The molecule has 0 aliphatic carbocycles. The van der Waals surface area contributed by atoms with Gasteiger partial charge in [-0.15, -0.1) is 0 Å². The molecule has 0 aromatic carbocycles. The van der Waals surface area contributed by atoms with Gasteiger partial charge in [0.1, 0.15) is 12.4 Å². The average Bonchev–Trinajstić information content (AvgIpc) is 2.26. The number of ether oxygens (including phenoxy) is 1. The lowest BCUT2D eigenvalue weighted by molar-refractivity contribution is -0.138. The van der Waals surface area contributed by atoms with Gasteiger partial charge in [-0.3, -0.25) is 4.55 Å². The number of aliphatic carboxylic acids is 1. The molecule has 0 saturated carbocycles. The minimum absolute atomic E-state index is 0.176. The predicted molar refractivity (Wildman–Crippen MR) is 69.3 cm³/mol. The fourth-order valence-electron chi connectivity index (χ4n) is 0.486. The molecule has 0 saturated heterocycles. The minimum Gasteiger partial charge on any atom is -0.478 e. The van der Waals surface area contributed by atoms with Crippen molar-refractivity contribution in [3.05, 3.63) is 24.3 Å². The maximum absolute atomic E-state index is 10.9. The van der Waals surface area contributed by atoms with Gasteiger partial charge in [-0.25, -0.2) is 9.59 Å². The first kappa shape index (κ1) is 19.7. The lowest BCUT2D eigenvalue weighted by Gasteiger charge is -2.03. The van der Waals surface area contributed by atoms with Gasteiger partial charge in [0.25, 0.3) is 10.1 Å².